The van der Waals surface area contributed by atoms with Gasteiger partial charge in [-0.3, -0.25) is 4.79 Å². The average Bonchev–Trinajstić information content (AvgIpc) is 3.31. The van der Waals surface area contributed by atoms with E-state index in [0.29, 0.717) is 36.1 Å². The number of amides is 1. The molecule has 0 spiro atoms. The molecule has 1 aliphatic heterocycles. The van der Waals surface area contributed by atoms with Crippen LogP contribution in [-0.2, 0) is 13.1 Å². The van der Waals surface area contributed by atoms with E-state index in [2.05, 4.69) is 41.2 Å². The Morgan fingerprint density at radius 2 is 2.11 bits per heavy atom. The number of pyridine rings is 1. The Morgan fingerprint density at radius 3 is 2.96 bits per heavy atom. The Balaban J connectivity index is 1.43. The zero-order valence-electron chi connectivity index (χ0n) is 14.3. The molecule has 1 aliphatic rings. The summed E-state index contributed by atoms with van der Waals surface area (Å²) in [7, 11) is 0. The fourth-order valence-electron chi connectivity index (χ4n) is 3.20. The van der Waals surface area contributed by atoms with Crippen LogP contribution in [0, 0.1) is 5.95 Å². The Bertz CT molecular complexity index is 1220. The van der Waals surface area contributed by atoms with Crippen molar-refractivity contribution in [1.82, 2.24) is 39.2 Å². The summed E-state index contributed by atoms with van der Waals surface area (Å²) in [6.07, 6.45) is 4.77. The van der Waals surface area contributed by atoms with Crippen molar-refractivity contribution in [3.05, 3.63) is 58.7 Å². The van der Waals surface area contributed by atoms with Crippen LogP contribution in [0.2, 0.25) is 0 Å². The highest BCUT2D eigenvalue weighted by Gasteiger charge is 2.28. The van der Waals surface area contributed by atoms with Crippen molar-refractivity contribution in [2.75, 3.05) is 6.54 Å². The van der Waals surface area contributed by atoms with E-state index in [0.717, 1.165) is 4.47 Å². The predicted molar refractivity (Wildman–Crippen MR) is 98.6 cm³/mol. The lowest BCUT2D eigenvalue weighted by Crippen LogP contribution is -2.38. The van der Waals surface area contributed by atoms with Crippen LogP contribution >= 0.6 is 15.9 Å². The lowest BCUT2D eigenvalue weighted by molar-refractivity contribution is 0.0701. The molecular weight excluding hydrogens is 431 g/mol. The summed E-state index contributed by atoms with van der Waals surface area (Å²) in [6, 6.07) is 4.90. The van der Waals surface area contributed by atoms with Gasteiger partial charge in [0.1, 0.15) is 0 Å². The van der Waals surface area contributed by atoms with Crippen LogP contribution in [0.3, 0.4) is 0 Å². The van der Waals surface area contributed by atoms with Gasteiger partial charge in [-0.1, -0.05) is 0 Å². The summed E-state index contributed by atoms with van der Waals surface area (Å²) in [5, 5.41) is 12.5. The Labute approximate surface area is 166 Å². The van der Waals surface area contributed by atoms with Gasteiger partial charge in [0, 0.05) is 37.7 Å². The number of hydrogen-bond acceptors (Lipinski definition) is 6. The Morgan fingerprint density at radius 1 is 1.21 bits per heavy atom. The van der Waals surface area contributed by atoms with Crippen LogP contribution in [0.15, 0.2) is 41.3 Å². The van der Waals surface area contributed by atoms with Gasteiger partial charge in [0.15, 0.2) is 23.0 Å². The minimum atomic E-state index is -0.598. The van der Waals surface area contributed by atoms with E-state index in [1.165, 1.54) is 6.20 Å². The Hall–Kier alpha value is -3.21. The fraction of sp³-hybridized carbons (Fsp3) is 0.176. The molecule has 5 heterocycles. The molecule has 5 rings (SSSR count). The van der Waals surface area contributed by atoms with Crippen molar-refractivity contribution in [1.29, 1.82) is 0 Å². The highest BCUT2D eigenvalue weighted by Crippen LogP contribution is 2.24. The van der Waals surface area contributed by atoms with Gasteiger partial charge in [-0.2, -0.15) is 9.49 Å². The zero-order valence-corrected chi connectivity index (χ0v) is 15.9. The number of fused-ring (bicyclic) bond motifs is 2. The molecule has 0 aromatic carbocycles. The van der Waals surface area contributed by atoms with E-state index < -0.39 is 5.95 Å². The quantitative estimate of drug-likeness (QED) is 0.440. The van der Waals surface area contributed by atoms with Crippen molar-refractivity contribution in [3.63, 3.8) is 0 Å². The molecule has 28 heavy (non-hydrogen) atoms. The van der Waals surface area contributed by atoms with Crippen LogP contribution < -0.4 is 0 Å². The van der Waals surface area contributed by atoms with Gasteiger partial charge in [-0.25, -0.2) is 14.5 Å². The molecule has 4 aromatic heterocycles. The first-order valence-electron chi connectivity index (χ1n) is 8.43. The van der Waals surface area contributed by atoms with Crippen molar-refractivity contribution in [3.8, 4) is 11.4 Å². The van der Waals surface area contributed by atoms with Crippen molar-refractivity contribution >= 4 is 27.5 Å². The summed E-state index contributed by atoms with van der Waals surface area (Å²) in [5.74, 6) is 0.182. The molecule has 0 aliphatic carbocycles. The molecule has 0 atom stereocenters. The molecule has 0 bridgehead atoms. The van der Waals surface area contributed by atoms with Gasteiger partial charge < -0.3 is 9.47 Å². The maximum Gasteiger partial charge on any atom is 0.274 e. The number of halogens is 2. The molecule has 0 N–H and O–H groups in total. The Kier molecular flexibility index (Phi) is 3.90. The van der Waals surface area contributed by atoms with E-state index in [1.54, 1.807) is 40.0 Å². The average molecular weight is 443 g/mol. The van der Waals surface area contributed by atoms with Gasteiger partial charge in [0.05, 0.1) is 16.6 Å². The van der Waals surface area contributed by atoms with Crippen LogP contribution in [0.25, 0.3) is 17.0 Å². The fourth-order valence-corrected chi connectivity index (χ4v) is 3.50. The van der Waals surface area contributed by atoms with E-state index in [9.17, 15) is 9.18 Å². The molecule has 1 amide bonds. The third kappa shape index (κ3) is 2.74. The van der Waals surface area contributed by atoms with E-state index >= 15 is 0 Å². The predicted octanol–water partition coefficient (Wildman–Crippen LogP) is 1.94. The summed E-state index contributed by atoms with van der Waals surface area (Å²) in [6.45, 7) is 1.15. The number of carbonyl (C=O) groups is 1. The number of hydrogen-bond donors (Lipinski definition) is 0. The second-order valence-electron chi connectivity index (χ2n) is 6.26. The van der Waals surface area contributed by atoms with Gasteiger partial charge in [0.2, 0.25) is 5.95 Å². The van der Waals surface area contributed by atoms with Crippen molar-refractivity contribution in [2.24, 2.45) is 0 Å². The van der Waals surface area contributed by atoms with Crippen LogP contribution in [0.5, 0.6) is 0 Å². The van der Waals surface area contributed by atoms with E-state index in [4.69, 9.17) is 0 Å². The molecule has 0 unspecified atom stereocenters. The SMILES string of the molecule is O=C(c1cc2ncc(Br)cn2n1)N1CCn2c(nnc2-c2cccnc2F)C1. The summed E-state index contributed by atoms with van der Waals surface area (Å²) in [5.41, 5.74) is 1.18. The summed E-state index contributed by atoms with van der Waals surface area (Å²) < 4.78 is 18.1. The van der Waals surface area contributed by atoms with Crippen LogP contribution in [0.4, 0.5) is 4.39 Å². The highest BCUT2D eigenvalue weighted by atomic mass is 79.9. The number of carbonyl (C=O) groups excluding carboxylic acids is 1. The maximum absolute atomic E-state index is 14.0. The van der Waals surface area contributed by atoms with Crippen molar-refractivity contribution < 1.29 is 9.18 Å². The van der Waals surface area contributed by atoms with Crippen LogP contribution in [0.1, 0.15) is 16.3 Å². The largest absolute Gasteiger partial charge is 0.328 e. The standard InChI is InChI=1S/C17H12BrFN8O/c18-10-7-21-13-6-12(24-27(13)8-10)17(28)25-4-5-26-14(9-25)22-23-16(26)11-2-1-3-20-15(11)19/h1-3,6-8H,4-5,9H2. The monoisotopic (exact) mass is 442 g/mol. The van der Waals surface area contributed by atoms with Crippen LogP contribution in [-0.4, -0.2) is 51.7 Å². The van der Waals surface area contributed by atoms with E-state index in [-0.39, 0.29) is 18.0 Å². The smallest absolute Gasteiger partial charge is 0.274 e. The molecule has 9 nitrogen and oxygen atoms in total. The molecule has 0 saturated carbocycles. The second kappa shape index (κ2) is 6.44. The van der Waals surface area contributed by atoms with Crippen molar-refractivity contribution in [2.45, 2.75) is 13.1 Å². The van der Waals surface area contributed by atoms with Gasteiger partial charge in [-0.15, -0.1) is 10.2 Å². The lowest BCUT2D eigenvalue weighted by Gasteiger charge is -2.27. The molecular formula is C17H12BrFN8O. The number of nitrogens with zero attached hydrogens (tertiary/aromatic N) is 8. The first-order chi connectivity index (χ1) is 13.6. The second-order valence-corrected chi connectivity index (χ2v) is 7.18. The molecule has 11 heteroatoms. The molecule has 0 radical (unpaired) electrons. The first-order valence-corrected chi connectivity index (χ1v) is 9.22. The molecule has 140 valence electrons. The zero-order chi connectivity index (χ0) is 19.3. The highest BCUT2D eigenvalue weighted by molar-refractivity contribution is 9.10. The summed E-state index contributed by atoms with van der Waals surface area (Å²) >= 11 is 3.33. The molecule has 0 saturated heterocycles. The number of aromatic nitrogens is 7. The minimum Gasteiger partial charge on any atom is -0.328 e. The molecule has 0 fully saturated rings. The van der Waals surface area contributed by atoms with Gasteiger partial charge in [0.25, 0.3) is 5.91 Å². The van der Waals surface area contributed by atoms with Gasteiger partial charge >= 0.3 is 0 Å². The first kappa shape index (κ1) is 16.9. The minimum absolute atomic E-state index is 0.218. The summed E-state index contributed by atoms with van der Waals surface area (Å²) in [4.78, 5) is 22.4. The molecule has 4 aromatic rings. The lowest BCUT2D eigenvalue weighted by atomic mass is 10.2. The van der Waals surface area contributed by atoms with E-state index in [1.807, 2.05) is 4.57 Å². The number of rotatable bonds is 2. The maximum atomic E-state index is 14.0. The van der Waals surface area contributed by atoms with Gasteiger partial charge in [-0.05, 0) is 28.1 Å². The third-order valence-corrected chi connectivity index (χ3v) is 4.95. The third-order valence-electron chi connectivity index (χ3n) is 4.54. The topological polar surface area (TPSA) is 94.1 Å². The normalized spacial score (nSPS) is 13.7.